The summed E-state index contributed by atoms with van der Waals surface area (Å²) in [5.74, 6) is -0.0108. The normalized spacial score (nSPS) is 15.7. The molecule has 0 saturated heterocycles. The van der Waals surface area contributed by atoms with Crippen molar-refractivity contribution < 1.29 is 9.59 Å². The molecule has 0 bridgehead atoms. The van der Waals surface area contributed by atoms with E-state index in [1.54, 1.807) is 36.0 Å². The molecule has 0 aromatic heterocycles. The molecule has 2 N–H and O–H groups in total. The van der Waals surface area contributed by atoms with Crippen molar-refractivity contribution in [2.75, 3.05) is 18.1 Å². The molecule has 5 heteroatoms. The van der Waals surface area contributed by atoms with E-state index in [0.717, 1.165) is 12.8 Å². The van der Waals surface area contributed by atoms with Crippen LogP contribution in [0.1, 0.15) is 30.1 Å². The lowest BCUT2D eigenvalue weighted by Crippen LogP contribution is -2.35. The van der Waals surface area contributed by atoms with Gasteiger partial charge in [-0.25, -0.2) is 4.79 Å². The molecular weight excluding hydrogens is 260 g/mol. The first-order chi connectivity index (χ1) is 9.04. The lowest BCUT2D eigenvalue weighted by atomic mass is 10.1. The fourth-order valence-electron chi connectivity index (χ4n) is 1.83. The lowest BCUT2D eigenvalue weighted by molar-refractivity contribution is 0.101. The van der Waals surface area contributed by atoms with E-state index in [-0.39, 0.29) is 16.6 Å². The van der Waals surface area contributed by atoms with E-state index in [4.69, 9.17) is 0 Å². The topological polar surface area (TPSA) is 58.2 Å². The van der Waals surface area contributed by atoms with Gasteiger partial charge in [0.15, 0.2) is 5.78 Å². The second-order valence-electron chi connectivity index (χ2n) is 4.83. The molecule has 2 amide bonds. The van der Waals surface area contributed by atoms with E-state index in [2.05, 4.69) is 16.9 Å². The summed E-state index contributed by atoms with van der Waals surface area (Å²) in [4.78, 5) is 23.0. The molecule has 0 atom stereocenters. The number of amides is 2. The van der Waals surface area contributed by atoms with Crippen LogP contribution in [-0.4, -0.2) is 29.4 Å². The average molecular weight is 278 g/mol. The molecule has 102 valence electrons. The quantitative estimate of drug-likeness (QED) is 0.814. The zero-order valence-electron chi connectivity index (χ0n) is 11.2. The highest BCUT2D eigenvalue weighted by Crippen LogP contribution is 2.46. The van der Waals surface area contributed by atoms with Gasteiger partial charge in [-0.15, -0.1) is 0 Å². The van der Waals surface area contributed by atoms with E-state index < -0.39 is 0 Å². The summed E-state index contributed by atoms with van der Waals surface area (Å²) in [5.41, 5.74) is 1.24. The van der Waals surface area contributed by atoms with Gasteiger partial charge in [-0.1, -0.05) is 12.1 Å². The number of hydrogen-bond acceptors (Lipinski definition) is 3. The lowest BCUT2D eigenvalue weighted by Gasteiger charge is -2.13. The Balaban J connectivity index is 1.88. The Kier molecular flexibility index (Phi) is 4.14. The minimum absolute atomic E-state index is 0.0108. The molecule has 1 aliphatic carbocycles. The Morgan fingerprint density at radius 3 is 2.68 bits per heavy atom. The minimum atomic E-state index is -0.221. The Morgan fingerprint density at radius 1 is 1.37 bits per heavy atom. The number of urea groups is 1. The molecule has 1 aromatic rings. The molecule has 1 saturated carbocycles. The van der Waals surface area contributed by atoms with Gasteiger partial charge in [-0.05, 0) is 38.2 Å². The molecule has 1 fully saturated rings. The van der Waals surface area contributed by atoms with E-state index in [1.165, 1.54) is 6.92 Å². The first kappa shape index (κ1) is 13.9. The summed E-state index contributed by atoms with van der Waals surface area (Å²) in [6.07, 6.45) is 4.39. The Bertz CT molecular complexity index is 498. The van der Waals surface area contributed by atoms with Gasteiger partial charge in [-0.3, -0.25) is 4.79 Å². The van der Waals surface area contributed by atoms with Gasteiger partial charge in [-0.2, -0.15) is 11.8 Å². The van der Waals surface area contributed by atoms with Crippen LogP contribution < -0.4 is 10.6 Å². The first-order valence-electron chi connectivity index (χ1n) is 6.26. The van der Waals surface area contributed by atoms with Crippen molar-refractivity contribution in [1.29, 1.82) is 0 Å². The standard InChI is InChI=1S/C14H18N2O2S/c1-10(17)11-4-3-5-12(8-11)16-13(18)15-9-14(19-2)6-7-14/h3-5,8H,6-7,9H2,1-2H3,(H2,15,16,18). The highest BCUT2D eigenvalue weighted by molar-refractivity contribution is 8.00. The molecule has 0 unspecified atom stereocenters. The first-order valence-corrected chi connectivity index (χ1v) is 7.48. The number of nitrogens with one attached hydrogen (secondary N) is 2. The monoisotopic (exact) mass is 278 g/mol. The Hall–Kier alpha value is -1.49. The van der Waals surface area contributed by atoms with Crippen LogP contribution in [0.4, 0.5) is 10.5 Å². The van der Waals surface area contributed by atoms with Crippen molar-refractivity contribution in [3.05, 3.63) is 29.8 Å². The van der Waals surface area contributed by atoms with Crippen LogP contribution in [0.5, 0.6) is 0 Å². The smallest absolute Gasteiger partial charge is 0.319 e. The zero-order valence-corrected chi connectivity index (χ0v) is 12.0. The van der Waals surface area contributed by atoms with Crippen molar-refractivity contribution in [3.63, 3.8) is 0 Å². The van der Waals surface area contributed by atoms with E-state index in [9.17, 15) is 9.59 Å². The number of rotatable bonds is 5. The van der Waals surface area contributed by atoms with Gasteiger partial charge < -0.3 is 10.6 Å². The summed E-state index contributed by atoms with van der Waals surface area (Å²) in [7, 11) is 0. The molecule has 1 aromatic carbocycles. The third-order valence-electron chi connectivity index (χ3n) is 3.34. The highest BCUT2D eigenvalue weighted by atomic mass is 32.2. The Labute approximate surface area is 117 Å². The highest BCUT2D eigenvalue weighted by Gasteiger charge is 2.41. The van der Waals surface area contributed by atoms with Crippen LogP contribution in [0.2, 0.25) is 0 Å². The van der Waals surface area contributed by atoms with Crippen molar-refractivity contribution in [1.82, 2.24) is 5.32 Å². The third-order valence-corrected chi connectivity index (χ3v) is 4.76. The molecule has 0 heterocycles. The van der Waals surface area contributed by atoms with Gasteiger partial charge in [0.05, 0.1) is 0 Å². The average Bonchev–Trinajstić information content (AvgIpc) is 3.17. The van der Waals surface area contributed by atoms with Crippen LogP contribution in [0.25, 0.3) is 0 Å². The summed E-state index contributed by atoms with van der Waals surface area (Å²) < 4.78 is 0.249. The molecule has 0 spiro atoms. The number of anilines is 1. The van der Waals surface area contributed by atoms with Crippen molar-refractivity contribution in [3.8, 4) is 0 Å². The van der Waals surface area contributed by atoms with Crippen LogP contribution in [0, 0.1) is 0 Å². The van der Waals surface area contributed by atoms with E-state index in [0.29, 0.717) is 17.8 Å². The number of benzene rings is 1. The molecule has 4 nitrogen and oxygen atoms in total. The van der Waals surface area contributed by atoms with Crippen LogP contribution in [0.15, 0.2) is 24.3 Å². The predicted molar refractivity (Wildman–Crippen MR) is 78.9 cm³/mol. The van der Waals surface area contributed by atoms with Gasteiger partial charge >= 0.3 is 6.03 Å². The zero-order chi connectivity index (χ0) is 13.9. The van der Waals surface area contributed by atoms with Gasteiger partial charge in [0.2, 0.25) is 0 Å². The predicted octanol–water partition coefficient (Wildman–Crippen LogP) is 2.91. The van der Waals surface area contributed by atoms with E-state index >= 15 is 0 Å². The summed E-state index contributed by atoms with van der Waals surface area (Å²) in [6.45, 7) is 2.20. The number of ketones is 1. The maximum Gasteiger partial charge on any atom is 0.319 e. The summed E-state index contributed by atoms with van der Waals surface area (Å²) >= 11 is 1.81. The fraction of sp³-hybridized carbons (Fsp3) is 0.429. The second-order valence-corrected chi connectivity index (χ2v) is 6.11. The SMILES string of the molecule is CSC1(CNC(=O)Nc2cccc(C(C)=O)c2)CC1. The molecule has 0 aliphatic heterocycles. The minimum Gasteiger partial charge on any atom is -0.336 e. The van der Waals surface area contributed by atoms with Crippen molar-refractivity contribution >= 4 is 29.3 Å². The maximum atomic E-state index is 11.8. The van der Waals surface area contributed by atoms with Crippen molar-refractivity contribution in [2.45, 2.75) is 24.5 Å². The van der Waals surface area contributed by atoms with Gasteiger partial charge in [0, 0.05) is 22.5 Å². The van der Waals surface area contributed by atoms with Gasteiger partial charge in [0.1, 0.15) is 0 Å². The number of Topliss-reactive ketones (excluding diaryl/α,β-unsaturated/α-hetero) is 1. The number of carbonyl (C=O) groups is 2. The van der Waals surface area contributed by atoms with Crippen molar-refractivity contribution in [2.24, 2.45) is 0 Å². The largest absolute Gasteiger partial charge is 0.336 e. The van der Waals surface area contributed by atoms with Crippen LogP contribution in [0.3, 0.4) is 0 Å². The number of thioether (sulfide) groups is 1. The molecular formula is C14H18N2O2S. The third kappa shape index (κ3) is 3.73. The molecule has 2 rings (SSSR count). The molecule has 0 radical (unpaired) electrons. The summed E-state index contributed by atoms with van der Waals surface area (Å²) in [5, 5.41) is 5.63. The molecule has 1 aliphatic rings. The fourth-order valence-corrected chi connectivity index (χ4v) is 2.55. The van der Waals surface area contributed by atoms with E-state index in [1.807, 2.05) is 0 Å². The summed E-state index contributed by atoms with van der Waals surface area (Å²) in [6, 6.07) is 6.73. The van der Waals surface area contributed by atoms with Crippen LogP contribution >= 0.6 is 11.8 Å². The maximum absolute atomic E-state index is 11.8. The number of hydrogen-bond donors (Lipinski definition) is 2. The second kappa shape index (κ2) is 5.65. The van der Waals surface area contributed by atoms with Crippen LogP contribution in [-0.2, 0) is 0 Å². The Morgan fingerprint density at radius 2 is 2.11 bits per heavy atom. The molecule has 19 heavy (non-hydrogen) atoms. The number of carbonyl (C=O) groups excluding carboxylic acids is 2. The van der Waals surface area contributed by atoms with Gasteiger partial charge in [0.25, 0.3) is 0 Å².